The van der Waals surface area contributed by atoms with E-state index in [2.05, 4.69) is 54.2 Å². The molecule has 1 saturated heterocycles. The van der Waals surface area contributed by atoms with Crippen molar-refractivity contribution >= 4 is 28.9 Å². The number of likely N-dealkylation sites (N-methyl/N-ethyl adjacent to an activating group) is 1. The van der Waals surface area contributed by atoms with Gasteiger partial charge in [-0.3, -0.25) is 4.79 Å². The van der Waals surface area contributed by atoms with Gasteiger partial charge < -0.3 is 21.0 Å². The number of nitrogens with zero attached hydrogens (tertiary/aromatic N) is 7. The largest absolute Gasteiger partial charge is 0.340 e. The summed E-state index contributed by atoms with van der Waals surface area (Å²) >= 11 is 0. The zero-order valence-electron chi connectivity index (χ0n) is 24.6. The predicted molar refractivity (Wildman–Crippen MR) is 164 cm³/mol. The Kier molecular flexibility index (Phi) is 8.20. The van der Waals surface area contributed by atoms with Crippen LogP contribution in [0, 0.1) is 25.2 Å². The first-order valence-corrected chi connectivity index (χ1v) is 13.9. The molecular formula is C31H36N10O. The molecule has 0 atom stereocenters. The van der Waals surface area contributed by atoms with E-state index in [4.69, 9.17) is 0 Å². The third-order valence-electron chi connectivity index (χ3n) is 7.36. The molecule has 42 heavy (non-hydrogen) atoms. The van der Waals surface area contributed by atoms with Crippen molar-refractivity contribution in [1.82, 2.24) is 29.7 Å². The van der Waals surface area contributed by atoms with E-state index in [0.29, 0.717) is 22.9 Å². The third kappa shape index (κ3) is 6.57. The maximum atomic E-state index is 13.1. The van der Waals surface area contributed by atoms with Crippen LogP contribution in [0.2, 0.25) is 0 Å². The minimum absolute atomic E-state index is 0.248. The molecule has 11 nitrogen and oxygen atoms in total. The fourth-order valence-electron chi connectivity index (χ4n) is 4.66. The highest BCUT2D eigenvalue weighted by atomic mass is 16.1. The van der Waals surface area contributed by atoms with Crippen LogP contribution in [0.5, 0.6) is 0 Å². The molecule has 0 aliphatic carbocycles. The van der Waals surface area contributed by atoms with Crippen LogP contribution in [0.15, 0.2) is 60.9 Å². The maximum absolute atomic E-state index is 13.1. The summed E-state index contributed by atoms with van der Waals surface area (Å²) in [6.45, 7) is 11.4. The molecule has 0 radical (unpaired) electrons. The first-order chi connectivity index (χ1) is 20.1. The number of amides is 1. The van der Waals surface area contributed by atoms with Gasteiger partial charge in [-0.05, 0) is 70.1 Å². The Bertz CT molecular complexity index is 1630. The Morgan fingerprint density at radius 2 is 1.79 bits per heavy atom. The highest BCUT2D eigenvalue weighted by Gasteiger charge is 2.21. The number of hydrazine groups is 1. The lowest BCUT2D eigenvalue weighted by atomic mass is 9.85. The van der Waals surface area contributed by atoms with Gasteiger partial charge in [-0.1, -0.05) is 18.2 Å². The van der Waals surface area contributed by atoms with Crippen molar-refractivity contribution in [3.63, 3.8) is 0 Å². The standard InChI is InChI=1S/C31H36N10O/c1-21-9-10-25(35-30(42)23-7-6-8-24(16-23)31(3,4)19-32)17-26(21)36-29-15-22(2)37-41(29)28-18-27(33-20-34-28)38-40-13-11-39(5)12-14-40/h6-10,15-18,20,36H,11-14H2,1-5H3,(H,35,42)(H,33,34,38). The van der Waals surface area contributed by atoms with Gasteiger partial charge in [0, 0.05) is 55.2 Å². The average molecular weight is 565 g/mol. The quantitative estimate of drug-likeness (QED) is 0.280. The summed E-state index contributed by atoms with van der Waals surface area (Å²) in [4.78, 5) is 24.3. The van der Waals surface area contributed by atoms with Gasteiger partial charge in [0.25, 0.3) is 5.91 Å². The number of hydrogen-bond donors (Lipinski definition) is 3. The van der Waals surface area contributed by atoms with Crippen molar-refractivity contribution in [2.24, 2.45) is 0 Å². The molecule has 1 aliphatic heterocycles. The van der Waals surface area contributed by atoms with Crippen LogP contribution in [-0.2, 0) is 5.41 Å². The van der Waals surface area contributed by atoms with Crippen molar-refractivity contribution in [1.29, 1.82) is 5.26 Å². The molecule has 0 unspecified atom stereocenters. The number of rotatable bonds is 8. The molecule has 5 rings (SSSR count). The van der Waals surface area contributed by atoms with Crippen LogP contribution >= 0.6 is 0 Å². The number of aryl methyl sites for hydroxylation is 2. The van der Waals surface area contributed by atoms with E-state index in [1.807, 2.05) is 64.1 Å². The summed E-state index contributed by atoms with van der Waals surface area (Å²) in [5.41, 5.74) is 7.26. The lowest BCUT2D eigenvalue weighted by Gasteiger charge is -2.32. The zero-order chi connectivity index (χ0) is 29.9. The average Bonchev–Trinajstić information content (AvgIpc) is 3.36. The Morgan fingerprint density at radius 3 is 2.55 bits per heavy atom. The molecule has 0 spiro atoms. The molecule has 1 amide bonds. The normalized spacial score (nSPS) is 14.3. The SMILES string of the molecule is Cc1cc(Nc2cc(NC(=O)c3cccc(C(C)(C)C#N)c3)ccc2C)n(-c2cc(NN3CCN(C)CC3)ncn2)n1. The third-order valence-corrected chi connectivity index (χ3v) is 7.36. The number of piperazine rings is 1. The number of carbonyl (C=O) groups is 1. The highest BCUT2D eigenvalue weighted by molar-refractivity contribution is 6.04. The van der Waals surface area contributed by atoms with Gasteiger partial charge in [-0.15, -0.1) is 0 Å². The number of carbonyl (C=O) groups excluding carboxylic acids is 1. The second kappa shape index (κ2) is 12.0. The van der Waals surface area contributed by atoms with E-state index in [0.717, 1.165) is 54.5 Å². The first-order valence-electron chi connectivity index (χ1n) is 13.9. The second-order valence-electron chi connectivity index (χ2n) is 11.2. The smallest absolute Gasteiger partial charge is 0.255 e. The summed E-state index contributed by atoms with van der Waals surface area (Å²) in [5.74, 6) is 1.81. The van der Waals surface area contributed by atoms with E-state index < -0.39 is 5.41 Å². The number of hydrogen-bond acceptors (Lipinski definition) is 9. The van der Waals surface area contributed by atoms with Gasteiger partial charge in [0.05, 0.1) is 17.2 Å². The van der Waals surface area contributed by atoms with Crippen molar-refractivity contribution in [2.45, 2.75) is 33.1 Å². The molecule has 1 aliphatic rings. The van der Waals surface area contributed by atoms with E-state index in [9.17, 15) is 10.1 Å². The maximum Gasteiger partial charge on any atom is 0.255 e. The fourth-order valence-corrected chi connectivity index (χ4v) is 4.66. The van der Waals surface area contributed by atoms with E-state index in [1.165, 1.54) is 6.33 Å². The van der Waals surface area contributed by atoms with Gasteiger partial charge in [-0.2, -0.15) is 15.0 Å². The fraction of sp³-hybridized carbons (Fsp3) is 0.323. The van der Waals surface area contributed by atoms with Crippen LogP contribution < -0.4 is 16.1 Å². The summed E-state index contributed by atoms with van der Waals surface area (Å²) in [6, 6.07) is 19.0. The molecule has 0 saturated carbocycles. The molecule has 11 heteroatoms. The summed E-state index contributed by atoms with van der Waals surface area (Å²) < 4.78 is 1.75. The Balaban J connectivity index is 1.34. The van der Waals surface area contributed by atoms with Gasteiger partial charge in [0.1, 0.15) is 18.0 Å². The van der Waals surface area contributed by atoms with Gasteiger partial charge in [0.15, 0.2) is 5.82 Å². The minimum atomic E-state index is -0.691. The van der Waals surface area contributed by atoms with Crippen LogP contribution in [0.1, 0.15) is 41.0 Å². The predicted octanol–water partition coefficient (Wildman–Crippen LogP) is 4.65. The monoisotopic (exact) mass is 564 g/mol. The molecule has 1 fully saturated rings. The number of nitriles is 1. The van der Waals surface area contributed by atoms with Gasteiger partial charge in [-0.25, -0.2) is 15.0 Å². The summed E-state index contributed by atoms with van der Waals surface area (Å²) in [5, 5.41) is 22.8. The lowest BCUT2D eigenvalue weighted by Crippen LogP contribution is -2.47. The van der Waals surface area contributed by atoms with E-state index in [1.54, 1.807) is 22.9 Å². The molecule has 2 aromatic carbocycles. The molecule has 2 aromatic heterocycles. The minimum Gasteiger partial charge on any atom is -0.340 e. The lowest BCUT2D eigenvalue weighted by molar-refractivity contribution is 0.102. The van der Waals surface area contributed by atoms with Crippen molar-refractivity contribution < 1.29 is 4.79 Å². The van der Waals surface area contributed by atoms with Gasteiger partial charge >= 0.3 is 0 Å². The van der Waals surface area contributed by atoms with E-state index in [-0.39, 0.29) is 5.91 Å². The van der Waals surface area contributed by atoms with Crippen molar-refractivity contribution in [3.8, 4) is 11.9 Å². The number of benzene rings is 2. The molecule has 4 aromatic rings. The van der Waals surface area contributed by atoms with Crippen LogP contribution in [0.3, 0.4) is 0 Å². The number of aromatic nitrogens is 4. The first kappa shape index (κ1) is 28.7. The summed E-state index contributed by atoms with van der Waals surface area (Å²) in [6.07, 6.45) is 1.53. The van der Waals surface area contributed by atoms with Crippen LogP contribution in [0.4, 0.5) is 23.0 Å². The molecule has 0 bridgehead atoms. The Morgan fingerprint density at radius 1 is 1.00 bits per heavy atom. The number of anilines is 4. The van der Waals surface area contributed by atoms with Gasteiger partial charge in [0.2, 0.25) is 0 Å². The Hall–Kier alpha value is -4.79. The summed E-state index contributed by atoms with van der Waals surface area (Å²) in [7, 11) is 2.12. The number of nitrogens with one attached hydrogen (secondary N) is 3. The zero-order valence-corrected chi connectivity index (χ0v) is 24.6. The topological polar surface area (TPSA) is 127 Å². The molecule has 216 valence electrons. The second-order valence-corrected chi connectivity index (χ2v) is 11.2. The van der Waals surface area contributed by atoms with Crippen LogP contribution in [0.25, 0.3) is 5.82 Å². The molecule has 3 N–H and O–H groups in total. The van der Waals surface area contributed by atoms with Crippen molar-refractivity contribution in [2.75, 3.05) is 49.3 Å². The van der Waals surface area contributed by atoms with E-state index >= 15 is 0 Å². The van der Waals surface area contributed by atoms with Crippen molar-refractivity contribution in [3.05, 3.63) is 83.3 Å². The molecular weight excluding hydrogens is 528 g/mol. The highest BCUT2D eigenvalue weighted by Crippen LogP contribution is 2.28. The van der Waals surface area contributed by atoms with Crippen LogP contribution in [-0.4, -0.2) is 68.8 Å². The Labute approximate surface area is 246 Å². The molecule has 3 heterocycles.